The molecule has 3 aromatic rings. The minimum absolute atomic E-state index is 0.0115. The molecule has 164 valence electrons. The lowest BCUT2D eigenvalue weighted by molar-refractivity contribution is -0.127. The average molecular weight is 431 g/mol. The highest BCUT2D eigenvalue weighted by Crippen LogP contribution is 2.34. The Morgan fingerprint density at radius 2 is 2.03 bits per heavy atom. The van der Waals surface area contributed by atoms with E-state index in [0.717, 1.165) is 41.3 Å². The molecule has 0 aliphatic carbocycles. The van der Waals surface area contributed by atoms with Crippen molar-refractivity contribution < 1.29 is 19.1 Å². The lowest BCUT2D eigenvalue weighted by Crippen LogP contribution is -2.37. The van der Waals surface area contributed by atoms with Gasteiger partial charge in [0.1, 0.15) is 11.9 Å². The number of carbonyl (C=O) groups is 2. The topological polar surface area (TPSA) is 67.9 Å². The zero-order chi connectivity index (χ0) is 22.1. The molecule has 5 rings (SSSR count). The van der Waals surface area contributed by atoms with Crippen LogP contribution in [0.1, 0.15) is 35.7 Å². The number of rotatable bonds is 5. The van der Waals surface area contributed by atoms with E-state index >= 15 is 0 Å². The van der Waals surface area contributed by atoms with Crippen molar-refractivity contribution >= 4 is 34.0 Å². The molecule has 0 radical (unpaired) electrons. The van der Waals surface area contributed by atoms with Crippen molar-refractivity contribution in [3.63, 3.8) is 0 Å². The molecule has 6 nitrogen and oxygen atoms in total. The Balaban J connectivity index is 1.44. The molecule has 0 spiro atoms. The van der Waals surface area contributed by atoms with E-state index in [1.54, 1.807) is 4.90 Å². The van der Waals surface area contributed by atoms with Gasteiger partial charge in [0.2, 0.25) is 0 Å². The van der Waals surface area contributed by atoms with Crippen LogP contribution in [0.4, 0.5) is 11.4 Å². The number of nitrogens with one attached hydrogen (secondary N) is 1. The maximum absolute atomic E-state index is 13.4. The summed E-state index contributed by atoms with van der Waals surface area (Å²) in [6.45, 7) is 3.65. The van der Waals surface area contributed by atoms with E-state index in [1.165, 1.54) is 0 Å². The van der Waals surface area contributed by atoms with Gasteiger partial charge in [-0.3, -0.25) is 9.59 Å². The summed E-state index contributed by atoms with van der Waals surface area (Å²) in [5.41, 5.74) is 3.12. The van der Waals surface area contributed by atoms with Crippen LogP contribution in [0, 0.1) is 0 Å². The smallest absolute Gasteiger partial charge is 0.260 e. The summed E-state index contributed by atoms with van der Waals surface area (Å²) in [4.78, 5) is 28.1. The van der Waals surface area contributed by atoms with E-state index < -0.39 is 0 Å². The van der Waals surface area contributed by atoms with Crippen molar-refractivity contribution in [2.24, 2.45) is 0 Å². The lowest BCUT2D eigenvalue weighted by Gasteiger charge is -2.21. The number of fused-ring (bicyclic) bond motifs is 2. The molecule has 1 N–H and O–H groups in total. The van der Waals surface area contributed by atoms with E-state index in [1.807, 2.05) is 61.5 Å². The van der Waals surface area contributed by atoms with Crippen LogP contribution in [-0.2, 0) is 16.0 Å². The van der Waals surface area contributed by atoms with Gasteiger partial charge >= 0.3 is 0 Å². The first-order valence-corrected chi connectivity index (χ1v) is 11.2. The van der Waals surface area contributed by atoms with E-state index in [4.69, 9.17) is 9.47 Å². The number of anilines is 2. The van der Waals surface area contributed by atoms with Gasteiger partial charge in [-0.2, -0.15) is 0 Å². The van der Waals surface area contributed by atoms with E-state index in [2.05, 4.69) is 5.32 Å². The minimum Gasteiger partial charge on any atom is -0.493 e. The molecular formula is C26H26N2O4. The Morgan fingerprint density at radius 1 is 1.16 bits per heavy atom. The highest BCUT2D eigenvalue weighted by molar-refractivity contribution is 6.15. The van der Waals surface area contributed by atoms with Gasteiger partial charge < -0.3 is 19.7 Å². The predicted molar refractivity (Wildman–Crippen MR) is 125 cm³/mol. The second-order valence-electron chi connectivity index (χ2n) is 8.13. The van der Waals surface area contributed by atoms with Crippen molar-refractivity contribution in [3.05, 3.63) is 65.7 Å². The monoisotopic (exact) mass is 430 g/mol. The third kappa shape index (κ3) is 3.71. The van der Waals surface area contributed by atoms with Crippen LogP contribution >= 0.6 is 0 Å². The highest BCUT2D eigenvalue weighted by atomic mass is 16.5. The number of nitrogens with zero attached hydrogens (tertiary/aromatic N) is 1. The molecule has 2 aliphatic rings. The summed E-state index contributed by atoms with van der Waals surface area (Å²) in [7, 11) is 0. The van der Waals surface area contributed by atoms with Crippen LogP contribution in [-0.4, -0.2) is 37.7 Å². The molecule has 1 saturated heterocycles. The second-order valence-corrected chi connectivity index (χ2v) is 8.13. The Bertz CT molecular complexity index is 1180. The number of benzene rings is 3. The molecule has 2 amide bonds. The largest absolute Gasteiger partial charge is 0.493 e. The van der Waals surface area contributed by atoms with Gasteiger partial charge in [-0.25, -0.2) is 0 Å². The standard InChI is InChI=1S/C26H26N2O4/c1-2-31-22-12-10-17-6-3-4-7-20(17)24(22)25(29)27-19-11-9-18-13-14-28(21(18)16-19)26(30)23-8-5-15-32-23/h3-4,6-7,9-12,16,23H,2,5,8,13-15H2,1H3,(H,27,29). The molecule has 1 unspecified atom stereocenters. The first-order chi connectivity index (χ1) is 15.7. The van der Waals surface area contributed by atoms with Gasteiger partial charge in [0, 0.05) is 24.5 Å². The maximum Gasteiger partial charge on any atom is 0.260 e. The van der Waals surface area contributed by atoms with Crippen LogP contribution in [0.5, 0.6) is 5.75 Å². The predicted octanol–water partition coefficient (Wildman–Crippen LogP) is 4.56. The molecule has 3 aromatic carbocycles. The fourth-order valence-corrected chi connectivity index (χ4v) is 4.59. The Morgan fingerprint density at radius 3 is 2.84 bits per heavy atom. The van der Waals surface area contributed by atoms with Crippen molar-refractivity contribution in [3.8, 4) is 5.75 Å². The molecular weight excluding hydrogens is 404 g/mol. The highest BCUT2D eigenvalue weighted by Gasteiger charge is 2.33. The van der Waals surface area contributed by atoms with Crippen LogP contribution in [0.3, 0.4) is 0 Å². The summed E-state index contributed by atoms with van der Waals surface area (Å²) in [5, 5.41) is 4.84. The Labute approximate surface area is 187 Å². The van der Waals surface area contributed by atoms with E-state index in [-0.39, 0.29) is 17.9 Å². The zero-order valence-corrected chi connectivity index (χ0v) is 18.1. The normalized spacial score (nSPS) is 17.4. The van der Waals surface area contributed by atoms with Crippen molar-refractivity contribution in [1.82, 2.24) is 0 Å². The molecule has 0 saturated carbocycles. The summed E-state index contributed by atoms with van der Waals surface area (Å²) in [6, 6.07) is 17.3. The summed E-state index contributed by atoms with van der Waals surface area (Å²) < 4.78 is 11.4. The number of ether oxygens (including phenoxy) is 2. The summed E-state index contributed by atoms with van der Waals surface area (Å²) >= 11 is 0. The second kappa shape index (κ2) is 8.63. The third-order valence-corrected chi connectivity index (χ3v) is 6.13. The first kappa shape index (κ1) is 20.5. The van der Waals surface area contributed by atoms with Crippen LogP contribution in [0.2, 0.25) is 0 Å². The quantitative estimate of drug-likeness (QED) is 0.644. The van der Waals surface area contributed by atoms with Gasteiger partial charge in [0.15, 0.2) is 0 Å². The third-order valence-electron chi connectivity index (χ3n) is 6.13. The van der Waals surface area contributed by atoms with Gasteiger partial charge in [-0.05, 0) is 60.7 Å². The number of hydrogen-bond acceptors (Lipinski definition) is 4. The minimum atomic E-state index is -0.358. The van der Waals surface area contributed by atoms with Gasteiger partial charge in [0.25, 0.3) is 11.8 Å². The molecule has 6 heteroatoms. The molecule has 2 heterocycles. The molecule has 1 fully saturated rings. The summed E-state index contributed by atoms with van der Waals surface area (Å²) in [6.07, 6.45) is 2.13. The van der Waals surface area contributed by atoms with Gasteiger partial charge in [-0.15, -0.1) is 0 Å². The Hall–Kier alpha value is -3.38. The Kier molecular flexibility index (Phi) is 5.53. The lowest BCUT2D eigenvalue weighted by atomic mass is 10.0. The molecule has 0 bridgehead atoms. The number of hydrogen-bond donors (Lipinski definition) is 1. The molecule has 2 aliphatic heterocycles. The van der Waals surface area contributed by atoms with Gasteiger partial charge in [0.05, 0.1) is 12.2 Å². The van der Waals surface area contributed by atoms with Crippen molar-refractivity contribution in [2.45, 2.75) is 32.3 Å². The molecule has 1 atom stereocenters. The van der Waals surface area contributed by atoms with E-state index in [9.17, 15) is 9.59 Å². The van der Waals surface area contributed by atoms with Gasteiger partial charge in [-0.1, -0.05) is 36.4 Å². The molecule has 32 heavy (non-hydrogen) atoms. The number of amides is 2. The van der Waals surface area contributed by atoms with Crippen molar-refractivity contribution in [2.75, 3.05) is 30.0 Å². The summed E-state index contributed by atoms with van der Waals surface area (Å²) in [5.74, 6) is 0.331. The number of carbonyl (C=O) groups excluding carboxylic acids is 2. The maximum atomic E-state index is 13.4. The van der Waals surface area contributed by atoms with Crippen molar-refractivity contribution in [1.29, 1.82) is 0 Å². The fraction of sp³-hybridized carbons (Fsp3) is 0.308. The molecule has 0 aromatic heterocycles. The zero-order valence-electron chi connectivity index (χ0n) is 18.1. The van der Waals surface area contributed by atoms with Crippen LogP contribution in [0.25, 0.3) is 10.8 Å². The van der Waals surface area contributed by atoms with Crippen LogP contribution < -0.4 is 15.0 Å². The van der Waals surface area contributed by atoms with E-state index in [0.29, 0.717) is 36.8 Å². The average Bonchev–Trinajstić information content (AvgIpc) is 3.49. The SMILES string of the molecule is CCOc1ccc2ccccc2c1C(=O)Nc1ccc2c(c1)N(C(=O)C1CCCO1)CC2. The fourth-order valence-electron chi connectivity index (χ4n) is 4.59. The van der Waals surface area contributed by atoms with Crippen LogP contribution in [0.15, 0.2) is 54.6 Å². The first-order valence-electron chi connectivity index (χ1n) is 11.2.